The van der Waals surface area contributed by atoms with Gasteiger partial charge in [-0.25, -0.2) is 0 Å². The van der Waals surface area contributed by atoms with Gasteiger partial charge >= 0.3 is 0 Å². The molecule has 2 aromatic rings. The van der Waals surface area contributed by atoms with Gasteiger partial charge in [0.2, 0.25) is 0 Å². The third-order valence-electron chi connectivity index (χ3n) is 4.12. The number of rotatable bonds is 2. The van der Waals surface area contributed by atoms with Crippen LogP contribution in [0.4, 0.5) is 5.69 Å². The number of benzene rings is 2. The molecule has 0 aliphatic heterocycles. The summed E-state index contributed by atoms with van der Waals surface area (Å²) in [5, 5.41) is 13.8. The van der Waals surface area contributed by atoms with E-state index in [4.69, 9.17) is 0 Å². The highest BCUT2D eigenvalue weighted by atomic mass is 127. The predicted molar refractivity (Wildman–Crippen MR) is 91.4 cm³/mol. The topological polar surface area (TPSA) is 32.3 Å². The molecule has 0 saturated heterocycles. The third-order valence-corrected chi connectivity index (χ3v) is 5.06. The fourth-order valence-corrected chi connectivity index (χ4v) is 3.78. The summed E-state index contributed by atoms with van der Waals surface area (Å²) in [5.74, 6) is 0.898. The summed E-state index contributed by atoms with van der Waals surface area (Å²) in [4.78, 5) is 0. The summed E-state index contributed by atoms with van der Waals surface area (Å²) in [7, 11) is 0. The van der Waals surface area contributed by atoms with Crippen molar-refractivity contribution in [3.63, 3.8) is 0 Å². The molecule has 3 rings (SSSR count). The first kappa shape index (κ1) is 13.7. The molecule has 2 atom stereocenters. The van der Waals surface area contributed by atoms with Gasteiger partial charge in [-0.1, -0.05) is 25.1 Å². The van der Waals surface area contributed by atoms with Crippen LogP contribution in [0.3, 0.4) is 0 Å². The summed E-state index contributed by atoms with van der Waals surface area (Å²) in [5.41, 5.74) is 4.81. The van der Waals surface area contributed by atoms with Crippen molar-refractivity contribution in [2.45, 2.75) is 32.2 Å². The second kappa shape index (κ2) is 5.28. The zero-order chi connectivity index (χ0) is 14.3. The van der Waals surface area contributed by atoms with Crippen molar-refractivity contribution >= 4 is 28.3 Å². The van der Waals surface area contributed by atoms with E-state index in [0.29, 0.717) is 11.7 Å². The molecule has 0 fully saturated rings. The van der Waals surface area contributed by atoms with Gasteiger partial charge in [-0.2, -0.15) is 0 Å². The molecule has 0 bridgehead atoms. The van der Waals surface area contributed by atoms with Gasteiger partial charge in [0, 0.05) is 14.8 Å². The first-order valence-corrected chi connectivity index (χ1v) is 7.99. The van der Waals surface area contributed by atoms with E-state index in [1.54, 1.807) is 0 Å². The number of halogens is 1. The van der Waals surface area contributed by atoms with Crippen LogP contribution in [0.5, 0.6) is 5.75 Å². The largest absolute Gasteiger partial charge is 0.508 e. The number of aryl methyl sites for hydroxylation is 1. The van der Waals surface area contributed by atoms with Crippen LogP contribution in [0.1, 0.15) is 42.0 Å². The second-order valence-electron chi connectivity index (χ2n) is 5.54. The molecule has 2 N–H and O–H groups in total. The van der Waals surface area contributed by atoms with Gasteiger partial charge in [0.25, 0.3) is 0 Å². The zero-order valence-electron chi connectivity index (χ0n) is 11.7. The number of nitrogens with one attached hydrogen (secondary N) is 1. The Morgan fingerprint density at radius 1 is 1.15 bits per heavy atom. The first-order valence-electron chi connectivity index (χ1n) is 6.91. The van der Waals surface area contributed by atoms with Crippen molar-refractivity contribution in [2.24, 2.45) is 0 Å². The molecule has 1 aliphatic rings. The van der Waals surface area contributed by atoms with Crippen LogP contribution in [-0.4, -0.2) is 5.11 Å². The number of phenolic OH excluding ortho intramolecular Hbond substituents is 1. The van der Waals surface area contributed by atoms with E-state index in [1.807, 2.05) is 24.3 Å². The molecule has 104 valence electrons. The van der Waals surface area contributed by atoms with Crippen molar-refractivity contribution in [1.82, 2.24) is 0 Å². The average Bonchev–Trinajstić information content (AvgIpc) is 2.75. The van der Waals surface area contributed by atoms with E-state index in [-0.39, 0.29) is 6.04 Å². The molecular weight excluding hydrogens is 361 g/mol. The Balaban J connectivity index is 2.00. The molecule has 0 heterocycles. The molecule has 1 aliphatic carbocycles. The number of phenols is 1. The summed E-state index contributed by atoms with van der Waals surface area (Å²) in [6, 6.07) is 12.3. The van der Waals surface area contributed by atoms with Gasteiger partial charge in [0.05, 0.1) is 6.04 Å². The number of aromatic hydroxyl groups is 1. The van der Waals surface area contributed by atoms with Crippen molar-refractivity contribution < 1.29 is 5.11 Å². The van der Waals surface area contributed by atoms with Crippen LogP contribution >= 0.6 is 22.6 Å². The lowest BCUT2D eigenvalue weighted by Crippen LogP contribution is -2.08. The lowest BCUT2D eigenvalue weighted by Gasteiger charge is -2.18. The first-order chi connectivity index (χ1) is 9.58. The molecule has 0 radical (unpaired) electrons. The molecule has 0 saturated carbocycles. The Hall–Kier alpha value is -1.23. The summed E-state index contributed by atoms with van der Waals surface area (Å²) in [6.07, 6.45) is 1.03. The monoisotopic (exact) mass is 379 g/mol. The van der Waals surface area contributed by atoms with E-state index in [9.17, 15) is 5.11 Å². The highest BCUT2D eigenvalue weighted by molar-refractivity contribution is 14.1. The van der Waals surface area contributed by atoms with E-state index in [0.717, 1.165) is 17.7 Å². The lowest BCUT2D eigenvalue weighted by atomic mass is 9.97. The molecule has 2 unspecified atom stereocenters. The minimum absolute atomic E-state index is 0.191. The van der Waals surface area contributed by atoms with Gasteiger partial charge in [-0.15, -0.1) is 0 Å². The SMILES string of the molecule is Cc1ccc(O)c2c1C(C)CC2Nc1ccccc1I. The molecule has 0 aromatic heterocycles. The van der Waals surface area contributed by atoms with Crippen molar-refractivity contribution in [2.75, 3.05) is 5.32 Å². The summed E-state index contributed by atoms with van der Waals surface area (Å²) in [6.45, 7) is 4.37. The standard InChI is InChI=1S/C17H18INO/c1-10-7-8-15(20)17-14(9-11(2)16(10)17)19-13-6-4-3-5-12(13)18/h3-8,11,14,19-20H,9H2,1-2H3. The molecule has 0 amide bonds. The maximum absolute atomic E-state index is 10.2. The molecule has 20 heavy (non-hydrogen) atoms. The molecule has 2 aromatic carbocycles. The molecule has 0 spiro atoms. The number of fused-ring (bicyclic) bond motifs is 1. The van der Waals surface area contributed by atoms with Crippen LogP contribution < -0.4 is 5.32 Å². The number of hydrogen-bond donors (Lipinski definition) is 2. The average molecular weight is 379 g/mol. The van der Waals surface area contributed by atoms with E-state index in [2.05, 4.69) is 53.9 Å². The molecule has 3 heteroatoms. The van der Waals surface area contributed by atoms with E-state index in [1.165, 1.54) is 14.7 Å². The molecule has 2 nitrogen and oxygen atoms in total. The summed E-state index contributed by atoms with van der Waals surface area (Å²) >= 11 is 2.34. The Labute approximate surface area is 133 Å². The minimum atomic E-state index is 0.191. The van der Waals surface area contributed by atoms with Crippen LogP contribution in [0.2, 0.25) is 0 Å². The van der Waals surface area contributed by atoms with Gasteiger partial charge in [0.15, 0.2) is 0 Å². The highest BCUT2D eigenvalue weighted by Crippen LogP contribution is 2.47. The smallest absolute Gasteiger partial charge is 0.121 e. The minimum Gasteiger partial charge on any atom is -0.508 e. The van der Waals surface area contributed by atoms with Crippen molar-refractivity contribution in [1.29, 1.82) is 0 Å². The van der Waals surface area contributed by atoms with Crippen molar-refractivity contribution in [3.8, 4) is 5.75 Å². The van der Waals surface area contributed by atoms with E-state index >= 15 is 0 Å². The second-order valence-corrected chi connectivity index (χ2v) is 6.70. The Morgan fingerprint density at radius 2 is 1.90 bits per heavy atom. The van der Waals surface area contributed by atoms with E-state index < -0.39 is 0 Å². The number of para-hydroxylation sites is 1. The van der Waals surface area contributed by atoms with Gasteiger partial charge in [-0.3, -0.25) is 0 Å². The highest BCUT2D eigenvalue weighted by Gasteiger charge is 2.32. The lowest BCUT2D eigenvalue weighted by molar-refractivity contribution is 0.465. The summed E-state index contributed by atoms with van der Waals surface area (Å²) < 4.78 is 1.21. The fourth-order valence-electron chi connectivity index (χ4n) is 3.24. The maximum atomic E-state index is 10.2. The van der Waals surface area contributed by atoms with Gasteiger partial charge < -0.3 is 10.4 Å². The van der Waals surface area contributed by atoms with Gasteiger partial charge in [0.1, 0.15) is 5.75 Å². The van der Waals surface area contributed by atoms with Crippen LogP contribution in [0.15, 0.2) is 36.4 Å². The Morgan fingerprint density at radius 3 is 2.65 bits per heavy atom. The number of anilines is 1. The Kier molecular flexibility index (Phi) is 3.63. The predicted octanol–water partition coefficient (Wildman–Crippen LogP) is 4.97. The maximum Gasteiger partial charge on any atom is 0.121 e. The van der Waals surface area contributed by atoms with Crippen LogP contribution in [0, 0.1) is 10.5 Å². The van der Waals surface area contributed by atoms with Crippen molar-refractivity contribution in [3.05, 3.63) is 56.7 Å². The number of hydrogen-bond acceptors (Lipinski definition) is 2. The fraction of sp³-hybridized carbons (Fsp3) is 0.294. The van der Waals surface area contributed by atoms with Gasteiger partial charge in [-0.05, 0) is 71.2 Å². The third kappa shape index (κ3) is 2.28. The zero-order valence-corrected chi connectivity index (χ0v) is 13.8. The Bertz CT molecular complexity index is 653. The quantitative estimate of drug-likeness (QED) is 0.723. The molecular formula is C17H18INO. The normalized spacial score (nSPS) is 20.8. The van der Waals surface area contributed by atoms with Crippen LogP contribution in [-0.2, 0) is 0 Å². The van der Waals surface area contributed by atoms with Crippen LogP contribution in [0.25, 0.3) is 0 Å².